The zero-order valence-corrected chi connectivity index (χ0v) is 14.8. The van der Waals surface area contributed by atoms with E-state index in [4.69, 9.17) is 11.6 Å². The van der Waals surface area contributed by atoms with E-state index < -0.39 is 11.2 Å². The minimum atomic E-state index is -0.679. The lowest BCUT2D eigenvalue weighted by Crippen LogP contribution is -2.20. The van der Waals surface area contributed by atoms with Gasteiger partial charge < -0.3 is 10.3 Å². The van der Waals surface area contributed by atoms with Crippen molar-refractivity contribution in [2.24, 2.45) is 0 Å². The molecule has 2 heterocycles. The maximum Gasteiger partial charge on any atom is 0.326 e. The molecule has 0 aliphatic rings. The number of nitrogens with one attached hydrogen (secondary N) is 3. The van der Waals surface area contributed by atoms with Gasteiger partial charge in [0, 0.05) is 10.7 Å². The summed E-state index contributed by atoms with van der Waals surface area (Å²) in [5, 5.41) is 12.5. The van der Waals surface area contributed by atoms with Crippen molar-refractivity contribution in [2.45, 2.75) is 4.21 Å². The van der Waals surface area contributed by atoms with Gasteiger partial charge in [-0.3, -0.25) is 14.6 Å². The molecule has 0 spiro atoms. The number of hydrogen-bond acceptors (Lipinski definition) is 6. The van der Waals surface area contributed by atoms with Gasteiger partial charge in [0.05, 0.1) is 15.5 Å². The zero-order chi connectivity index (χ0) is 18.0. The number of aromatic amines is 2. The van der Waals surface area contributed by atoms with Crippen LogP contribution in [0.15, 0.2) is 38.1 Å². The van der Waals surface area contributed by atoms with Crippen molar-refractivity contribution in [3.05, 3.63) is 55.7 Å². The average molecular weight is 393 g/mol. The molecule has 0 aliphatic heterocycles. The molecule has 0 fully saturated rings. The summed E-state index contributed by atoms with van der Waals surface area (Å²) in [6.07, 6.45) is 0. The zero-order valence-electron chi connectivity index (χ0n) is 12.4. The van der Waals surface area contributed by atoms with Gasteiger partial charge in [0.15, 0.2) is 0 Å². The number of halogens is 1. The van der Waals surface area contributed by atoms with Gasteiger partial charge in [-0.05, 0) is 18.2 Å². The van der Waals surface area contributed by atoms with Gasteiger partial charge in [-0.15, -0.1) is 23.1 Å². The first kappa shape index (κ1) is 17.3. The van der Waals surface area contributed by atoms with Crippen LogP contribution in [-0.4, -0.2) is 21.6 Å². The Kier molecular flexibility index (Phi) is 4.94. The molecular weight excluding hydrogens is 384 g/mol. The molecule has 1 amide bonds. The van der Waals surface area contributed by atoms with Crippen LogP contribution in [-0.2, 0) is 4.79 Å². The third kappa shape index (κ3) is 3.76. The number of anilines is 1. The van der Waals surface area contributed by atoms with Crippen LogP contribution in [0.2, 0.25) is 5.02 Å². The Morgan fingerprint density at radius 2 is 2.16 bits per heavy atom. The number of nitrogens with zero attached hydrogens (tertiary/aromatic N) is 1. The molecule has 0 unspecified atom stereocenters. The molecule has 0 saturated carbocycles. The first-order valence-corrected chi connectivity index (χ1v) is 9.03. The predicted octanol–water partition coefficient (Wildman–Crippen LogP) is 2.53. The molecule has 7 nitrogen and oxygen atoms in total. The predicted molar refractivity (Wildman–Crippen MR) is 98.6 cm³/mol. The van der Waals surface area contributed by atoms with Gasteiger partial charge in [-0.2, -0.15) is 5.26 Å². The van der Waals surface area contributed by atoms with Crippen LogP contribution in [0, 0.1) is 11.3 Å². The number of rotatable bonds is 4. The molecule has 0 saturated heterocycles. The Morgan fingerprint density at radius 1 is 1.36 bits per heavy atom. The first-order chi connectivity index (χ1) is 12.0. The SMILES string of the molecule is N#Cc1c(SCC(=O)Nc2cccc(Cl)c2)sc2c(=O)[nH]c(=O)[nH]c12. The molecule has 3 rings (SSSR count). The van der Waals surface area contributed by atoms with E-state index in [1.807, 2.05) is 6.07 Å². The molecule has 3 N–H and O–H groups in total. The van der Waals surface area contributed by atoms with Crippen molar-refractivity contribution in [1.82, 2.24) is 9.97 Å². The van der Waals surface area contributed by atoms with E-state index in [1.165, 1.54) is 0 Å². The highest BCUT2D eigenvalue weighted by Crippen LogP contribution is 2.34. The number of hydrogen-bond donors (Lipinski definition) is 3. The summed E-state index contributed by atoms with van der Waals surface area (Å²) in [5.74, 6) is -0.244. The van der Waals surface area contributed by atoms with Crippen LogP contribution in [0.1, 0.15) is 5.56 Å². The number of carbonyl (C=O) groups excluding carboxylic acids is 1. The average Bonchev–Trinajstić information content (AvgIpc) is 2.90. The molecule has 126 valence electrons. The monoisotopic (exact) mass is 392 g/mol. The van der Waals surface area contributed by atoms with E-state index in [9.17, 15) is 19.6 Å². The van der Waals surface area contributed by atoms with E-state index in [0.29, 0.717) is 14.9 Å². The molecule has 0 aliphatic carbocycles. The van der Waals surface area contributed by atoms with Gasteiger partial charge in [0.25, 0.3) is 5.56 Å². The Balaban J connectivity index is 1.80. The van der Waals surface area contributed by atoms with E-state index in [1.54, 1.807) is 24.3 Å². The van der Waals surface area contributed by atoms with Crippen LogP contribution in [0.5, 0.6) is 0 Å². The molecule has 0 radical (unpaired) electrons. The van der Waals surface area contributed by atoms with E-state index >= 15 is 0 Å². The number of benzene rings is 1. The second kappa shape index (κ2) is 7.14. The smallest absolute Gasteiger partial charge is 0.325 e. The van der Waals surface area contributed by atoms with Crippen LogP contribution in [0.25, 0.3) is 10.2 Å². The fourth-order valence-electron chi connectivity index (χ4n) is 2.09. The lowest BCUT2D eigenvalue weighted by atomic mass is 10.3. The summed E-state index contributed by atoms with van der Waals surface area (Å²) in [6, 6.07) is 8.71. The van der Waals surface area contributed by atoms with Crippen LogP contribution in [0.3, 0.4) is 0 Å². The fraction of sp³-hybridized carbons (Fsp3) is 0.0667. The Morgan fingerprint density at radius 3 is 2.88 bits per heavy atom. The summed E-state index contributed by atoms with van der Waals surface area (Å²) in [7, 11) is 0. The lowest BCUT2D eigenvalue weighted by Gasteiger charge is -2.04. The largest absolute Gasteiger partial charge is 0.326 e. The molecule has 3 aromatic rings. The number of H-pyrrole nitrogens is 2. The maximum atomic E-state index is 12.1. The Bertz CT molecular complexity index is 1130. The normalized spacial score (nSPS) is 10.6. The van der Waals surface area contributed by atoms with Crippen molar-refractivity contribution in [2.75, 3.05) is 11.1 Å². The van der Waals surface area contributed by atoms with Crippen LogP contribution >= 0.6 is 34.7 Å². The van der Waals surface area contributed by atoms with Crippen LogP contribution in [0.4, 0.5) is 5.69 Å². The van der Waals surface area contributed by atoms with Crippen molar-refractivity contribution < 1.29 is 4.79 Å². The van der Waals surface area contributed by atoms with Gasteiger partial charge in [-0.1, -0.05) is 17.7 Å². The summed E-state index contributed by atoms with van der Waals surface area (Å²) in [4.78, 5) is 39.8. The highest BCUT2D eigenvalue weighted by Gasteiger charge is 2.17. The summed E-state index contributed by atoms with van der Waals surface area (Å²) < 4.78 is 0.736. The van der Waals surface area contributed by atoms with Gasteiger partial charge in [0.2, 0.25) is 5.91 Å². The molecule has 1 aromatic carbocycles. The highest BCUT2D eigenvalue weighted by molar-refractivity contribution is 8.02. The van der Waals surface area contributed by atoms with E-state index in [2.05, 4.69) is 15.3 Å². The number of fused-ring (bicyclic) bond motifs is 1. The Hall–Kier alpha value is -2.54. The summed E-state index contributed by atoms with van der Waals surface area (Å²) in [6.45, 7) is 0. The molecule has 2 aromatic heterocycles. The fourth-order valence-corrected chi connectivity index (χ4v) is 4.40. The molecule has 10 heteroatoms. The molecule has 0 bridgehead atoms. The third-order valence-electron chi connectivity index (χ3n) is 3.10. The quantitative estimate of drug-likeness (QED) is 0.589. The summed E-state index contributed by atoms with van der Waals surface area (Å²) in [5.41, 5.74) is -0.295. The summed E-state index contributed by atoms with van der Waals surface area (Å²) >= 11 is 8.04. The number of aromatic nitrogens is 2. The van der Waals surface area contributed by atoms with Gasteiger partial charge in [-0.25, -0.2) is 4.79 Å². The van der Waals surface area contributed by atoms with Crippen molar-refractivity contribution >= 4 is 56.5 Å². The standard InChI is InChI=1S/C15H9ClN4O3S2/c16-7-2-1-3-8(4-7)18-10(21)6-24-14-9(5-17)11-12(25-14)13(22)20-15(23)19-11/h1-4H,6H2,(H,18,21)(H2,19,20,22,23). The minimum absolute atomic E-state index is 0.0378. The number of nitriles is 1. The minimum Gasteiger partial charge on any atom is -0.325 e. The molecule has 0 atom stereocenters. The second-order valence-corrected chi connectivity index (χ2v) is 7.54. The van der Waals surface area contributed by atoms with Crippen molar-refractivity contribution in [3.63, 3.8) is 0 Å². The lowest BCUT2D eigenvalue weighted by molar-refractivity contribution is -0.113. The van der Waals surface area contributed by atoms with Gasteiger partial charge in [0.1, 0.15) is 16.3 Å². The van der Waals surface area contributed by atoms with Crippen LogP contribution < -0.4 is 16.6 Å². The number of thioether (sulfide) groups is 1. The number of thiophene rings is 1. The highest BCUT2D eigenvalue weighted by atomic mass is 35.5. The first-order valence-electron chi connectivity index (χ1n) is 6.85. The van der Waals surface area contributed by atoms with Crippen molar-refractivity contribution in [1.29, 1.82) is 5.26 Å². The molecular formula is C15H9ClN4O3S2. The number of amides is 1. The third-order valence-corrected chi connectivity index (χ3v) is 5.80. The Labute approximate surface area is 153 Å². The molecule has 25 heavy (non-hydrogen) atoms. The van der Waals surface area contributed by atoms with E-state index in [0.717, 1.165) is 23.1 Å². The van der Waals surface area contributed by atoms with Gasteiger partial charge >= 0.3 is 5.69 Å². The van der Waals surface area contributed by atoms with E-state index in [-0.39, 0.29) is 27.4 Å². The van der Waals surface area contributed by atoms with Crippen molar-refractivity contribution in [3.8, 4) is 6.07 Å². The topological polar surface area (TPSA) is 119 Å². The maximum absolute atomic E-state index is 12.1. The second-order valence-electron chi connectivity index (χ2n) is 4.84. The number of carbonyl (C=O) groups is 1.